The molecule has 0 aliphatic heterocycles. The molecule has 138 valence electrons. The van der Waals surface area contributed by atoms with E-state index in [2.05, 4.69) is 10.3 Å². The Balaban J connectivity index is 1.38. The molecule has 1 N–H and O–H groups in total. The lowest BCUT2D eigenvalue weighted by Gasteiger charge is -2.16. The molecule has 27 heavy (non-hydrogen) atoms. The number of nitrogens with zero attached hydrogens (tertiary/aromatic N) is 1. The van der Waals surface area contributed by atoms with Crippen molar-refractivity contribution in [1.29, 1.82) is 0 Å². The van der Waals surface area contributed by atoms with Crippen molar-refractivity contribution in [3.63, 3.8) is 0 Å². The summed E-state index contributed by atoms with van der Waals surface area (Å²) in [7, 11) is 1.60. The number of benzene rings is 2. The number of methoxy groups -OCH3 is 1. The number of oxazole rings is 1. The van der Waals surface area contributed by atoms with Crippen molar-refractivity contribution < 1.29 is 18.7 Å². The molecule has 1 aliphatic carbocycles. The van der Waals surface area contributed by atoms with Gasteiger partial charge < -0.3 is 19.2 Å². The molecule has 0 unspecified atom stereocenters. The molecule has 4 rings (SSSR count). The Bertz CT molecular complexity index is 932. The first kappa shape index (κ1) is 17.1. The highest BCUT2D eigenvalue weighted by molar-refractivity contribution is 5.92. The van der Waals surface area contributed by atoms with E-state index in [4.69, 9.17) is 13.9 Å². The van der Waals surface area contributed by atoms with E-state index in [-0.39, 0.29) is 23.7 Å². The van der Waals surface area contributed by atoms with Gasteiger partial charge in [-0.05, 0) is 30.5 Å². The largest absolute Gasteiger partial charge is 0.497 e. The van der Waals surface area contributed by atoms with Crippen LogP contribution >= 0.6 is 0 Å². The molecule has 0 spiro atoms. The van der Waals surface area contributed by atoms with E-state index in [0.29, 0.717) is 17.4 Å². The van der Waals surface area contributed by atoms with Gasteiger partial charge in [-0.25, -0.2) is 4.98 Å². The van der Waals surface area contributed by atoms with Gasteiger partial charge >= 0.3 is 0 Å². The lowest BCUT2D eigenvalue weighted by molar-refractivity contribution is 0.0925. The highest BCUT2D eigenvalue weighted by Gasteiger charge is 2.45. The fourth-order valence-corrected chi connectivity index (χ4v) is 2.97. The van der Waals surface area contributed by atoms with Gasteiger partial charge in [-0.3, -0.25) is 4.79 Å². The Morgan fingerprint density at radius 1 is 1.15 bits per heavy atom. The first-order valence-corrected chi connectivity index (χ1v) is 8.78. The van der Waals surface area contributed by atoms with Gasteiger partial charge in [0.2, 0.25) is 5.89 Å². The number of aromatic nitrogens is 1. The fraction of sp³-hybridized carbons (Fsp3) is 0.238. The predicted molar refractivity (Wildman–Crippen MR) is 98.6 cm³/mol. The average molecular weight is 364 g/mol. The summed E-state index contributed by atoms with van der Waals surface area (Å²) in [6.45, 7) is 0.129. The molecule has 0 saturated heterocycles. The van der Waals surface area contributed by atoms with Crippen LogP contribution < -0.4 is 14.8 Å². The molecule has 1 fully saturated rings. The van der Waals surface area contributed by atoms with Crippen LogP contribution in [0.1, 0.15) is 34.8 Å². The lowest BCUT2D eigenvalue weighted by atomic mass is 10.1. The third kappa shape index (κ3) is 3.79. The average Bonchev–Trinajstić information content (AvgIpc) is 3.34. The monoisotopic (exact) mass is 364 g/mol. The summed E-state index contributed by atoms with van der Waals surface area (Å²) in [6, 6.07) is 17.2. The van der Waals surface area contributed by atoms with Crippen molar-refractivity contribution in [2.45, 2.75) is 25.0 Å². The maximum Gasteiger partial charge on any atom is 0.273 e. The summed E-state index contributed by atoms with van der Waals surface area (Å²) in [5.41, 5.74) is 1.08. The zero-order valence-corrected chi connectivity index (χ0v) is 15.0. The minimum Gasteiger partial charge on any atom is -0.497 e. The maximum atomic E-state index is 12.6. The Morgan fingerprint density at radius 2 is 1.93 bits per heavy atom. The second-order valence-corrected chi connectivity index (χ2v) is 6.50. The van der Waals surface area contributed by atoms with Gasteiger partial charge in [-0.15, -0.1) is 0 Å². The Hall–Kier alpha value is -3.28. The van der Waals surface area contributed by atoms with Gasteiger partial charge in [0, 0.05) is 6.07 Å². The van der Waals surface area contributed by atoms with E-state index in [0.717, 1.165) is 18.4 Å². The smallest absolute Gasteiger partial charge is 0.273 e. The van der Waals surface area contributed by atoms with Crippen LogP contribution in [0.4, 0.5) is 0 Å². The molecule has 1 aromatic heterocycles. The molecule has 1 aliphatic rings. The van der Waals surface area contributed by atoms with Crippen molar-refractivity contribution in [3.05, 3.63) is 78.0 Å². The number of carbonyl (C=O) groups is 1. The molecule has 1 saturated carbocycles. The highest BCUT2D eigenvalue weighted by Crippen LogP contribution is 2.45. The van der Waals surface area contributed by atoms with Gasteiger partial charge in [-0.1, -0.05) is 36.4 Å². The molecule has 0 radical (unpaired) electrons. The SMILES string of the molecule is COc1cccc(OCc2nc(C(=O)NC3(c4ccccc4)CC3)co2)c1. The molecular formula is C21H20N2O4. The molecule has 1 heterocycles. The van der Waals surface area contributed by atoms with Crippen molar-refractivity contribution in [1.82, 2.24) is 10.3 Å². The normalized spacial score (nSPS) is 14.4. The second kappa shape index (κ2) is 7.15. The highest BCUT2D eigenvalue weighted by atomic mass is 16.5. The van der Waals surface area contributed by atoms with Crippen molar-refractivity contribution in [2.75, 3.05) is 7.11 Å². The second-order valence-electron chi connectivity index (χ2n) is 6.50. The third-order valence-electron chi connectivity index (χ3n) is 4.62. The van der Waals surface area contributed by atoms with E-state index in [1.807, 2.05) is 48.5 Å². The van der Waals surface area contributed by atoms with E-state index in [1.165, 1.54) is 6.26 Å². The van der Waals surface area contributed by atoms with Crippen LogP contribution in [-0.2, 0) is 12.1 Å². The van der Waals surface area contributed by atoms with Crippen molar-refractivity contribution >= 4 is 5.91 Å². The molecule has 0 bridgehead atoms. The molecule has 0 atom stereocenters. The first-order chi connectivity index (χ1) is 13.2. The molecular weight excluding hydrogens is 344 g/mol. The quantitative estimate of drug-likeness (QED) is 0.692. The van der Waals surface area contributed by atoms with Crippen LogP contribution in [0.2, 0.25) is 0 Å². The van der Waals surface area contributed by atoms with Crippen LogP contribution in [0.25, 0.3) is 0 Å². The molecule has 6 nitrogen and oxygen atoms in total. The van der Waals surface area contributed by atoms with Gasteiger partial charge in [0.15, 0.2) is 12.3 Å². The zero-order chi connectivity index (χ0) is 18.7. The maximum absolute atomic E-state index is 12.6. The first-order valence-electron chi connectivity index (χ1n) is 8.78. The molecule has 3 aromatic rings. The van der Waals surface area contributed by atoms with E-state index >= 15 is 0 Å². The minimum atomic E-state index is -0.283. The van der Waals surface area contributed by atoms with Crippen LogP contribution in [0.15, 0.2) is 65.3 Å². The van der Waals surface area contributed by atoms with Crippen LogP contribution in [0.5, 0.6) is 11.5 Å². The lowest BCUT2D eigenvalue weighted by Crippen LogP contribution is -2.35. The summed E-state index contributed by atoms with van der Waals surface area (Å²) in [6.07, 6.45) is 3.21. The van der Waals surface area contributed by atoms with E-state index in [1.54, 1.807) is 13.2 Å². The molecule has 1 amide bonds. The number of amides is 1. The van der Waals surface area contributed by atoms with Gasteiger partial charge in [0.25, 0.3) is 5.91 Å². The number of nitrogens with one attached hydrogen (secondary N) is 1. The molecule has 2 aromatic carbocycles. The van der Waals surface area contributed by atoms with Crippen molar-refractivity contribution in [2.24, 2.45) is 0 Å². The number of ether oxygens (including phenoxy) is 2. The Morgan fingerprint density at radius 3 is 2.67 bits per heavy atom. The summed E-state index contributed by atoms with van der Waals surface area (Å²) in [5.74, 6) is 1.44. The van der Waals surface area contributed by atoms with E-state index < -0.39 is 0 Å². The third-order valence-corrected chi connectivity index (χ3v) is 4.62. The van der Waals surface area contributed by atoms with Crippen molar-refractivity contribution in [3.8, 4) is 11.5 Å². The van der Waals surface area contributed by atoms with Gasteiger partial charge in [-0.2, -0.15) is 0 Å². The Kier molecular flexibility index (Phi) is 4.54. The standard InChI is InChI=1S/C21H20N2O4/c1-25-16-8-5-9-17(12-16)26-14-19-22-18(13-27-19)20(24)23-21(10-11-21)15-6-3-2-4-7-15/h2-9,12-13H,10-11,14H2,1H3,(H,23,24). The van der Waals surface area contributed by atoms with Crippen LogP contribution in [-0.4, -0.2) is 18.0 Å². The zero-order valence-electron chi connectivity index (χ0n) is 15.0. The number of hydrogen-bond donors (Lipinski definition) is 1. The summed E-state index contributed by atoms with van der Waals surface area (Å²) >= 11 is 0. The van der Waals surface area contributed by atoms with Crippen LogP contribution in [0.3, 0.4) is 0 Å². The van der Waals surface area contributed by atoms with Crippen LogP contribution in [0, 0.1) is 0 Å². The Labute approximate surface area is 157 Å². The van der Waals surface area contributed by atoms with E-state index in [9.17, 15) is 4.79 Å². The number of rotatable bonds is 7. The summed E-state index contributed by atoms with van der Waals surface area (Å²) in [4.78, 5) is 16.8. The molecule has 6 heteroatoms. The van der Waals surface area contributed by atoms with Gasteiger partial charge in [0.1, 0.15) is 17.8 Å². The number of hydrogen-bond acceptors (Lipinski definition) is 5. The topological polar surface area (TPSA) is 73.6 Å². The summed E-state index contributed by atoms with van der Waals surface area (Å²) < 4.78 is 16.2. The fourth-order valence-electron chi connectivity index (χ4n) is 2.97. The number of carbonyl (C=O) groups excluding carboxylic acids is 1. The minimum absolute atomic E-state index is 0.129. The van der Waals surface area contributed by atoms with Gasteiger partial charge in [0.05, 0.1) is 12.6 Å². The summed E-state index contributed by atoms with van der Waals surface area (Å²) in [5, 5.41) is 3.08. The predicted octanol–water partition coefficient (Wildman–Crippen LogP) is 3.68.